The van der Waals surface area contributed by atoms with Crippen molar-refractivity contribution in [1.29, 1.82) is 0 Å². The highest BCUT2D eigenvalue weighted by molar-refractivity contribution is 5.90. The van der Waals surface area contributed by atoms with Crippen molar-refractivity contribution in [3.63, 3.8) is 0 Å². The second-order valence-electron chi connectivity index (χ2n) is 5.82. The summed E-state index contributed by atoms with van der Waals surface area (Å²) in [5.41, 5.74) is 7.13. The summed E-state index contributed by atoms with van der Waals surface area (Å²) in [6.45, 7) is 6.04. The van der Waals surface area contributed by atoms with Crippen LogP contribution in [0.3, 0.4) is 0 Å². The number of hydrogen-bond donors (Lipinski definition) is 2. The number of nitrogens with one attached hydrogen (secondary N) is 1. The van der Waals surface area contributed by atoms with Crippen LogP contribution in [0.15, 0.2) is 24.3 Å². The van der Waals surface area contributed by atoms with E-state index in [1.807, 2.05) is 45.0 Å². The first-order valence-corrected chi connectivity index (χ1v) is 7.04. The standard InChI is InChI=1S/C16H24N2O2/c1-11(2)8-16(20)18-14-6-4-13(5-7-14)9-12(3)10-15(17)19/h4-7,11-12H,8-10H2,1-3H3,(H2,17,19)(H,18,20). The molecule has 0 saturated heterocycles. The molecule has 4 nitrogen and oxygen atoms in total. The van der Waals surface area contributed by atoms with E-state index in [4.69, 9.17) is 5.73 Å². The normalized spacial score (nSPS) is 12.2. The maximum atomic E-state index is 11.6. The maximum Gasteiger partial charge on any atom is 0.224 e. The van der Waals surface area contributed by atoms with Crippen LogP contribution in [0, 0.1) is 11.8 Å². The molecule has 0 bridgehead atoms. The molecule has 2 amide bonds. The molecule has 1 unspecified atom stereocenters. The van der Waals surface area contributed by atoms with Crippen molar-refractivity contribution < 1.29 is 9.59 Å². The molecular weight excluding hydrogens is 252 g/mol. The first kappa shape index (κ1) is 16.2. The number of carbonyl (C=O) groups excluding carboxylic acids is 2. The summed E-state index contributed by atoms with van der Waals surface area (Å²) in [6, 6.07) is 7.74. The lowest BCUT2D eigenvalue weighted by Crippen LogP contribution is -2.16. The molecule has 0 saturated carbocycles. The average molecular weight is 276 g/mol. The number of primary amides is 1. The number of rotatable bonds is 7. The highest BCUT2D eigenvalue weighted by atomic mass is 16.1. The number of amides is 2. The summed E-state index contributed by atoms with van der Waals surface area (Å²) in [7, 11) is 0. The lowest BCUT2D eigenvalue weighted by atomic mass is 9.98. The minimum absolute atomic E-state index is 0.0369. The molecule has 0 radical (unpaired) electrons. The predicted molar refractivity (Wildman–Crippen MR) is 81.2 cm³/mol. The topological polar surface area (TPSA) is 72.2 Å². The van der Waals surface area contributed by atoms with Crippen molar-refractivity contribution in [2.75, 3.05) is 5.32 Å². The van der Waals surface area contributed by atoms with Crippen LogP contribution in [0.1, 0.15) is 39.2 Å². The van der Waals surface area contributed by atoms with E-state index in [1.54, 1.807) is 0 Å². The van der Waals surface area contributed by atoms with Gasteiger partial charge in [-0.3, -0.25) is 9.59 Å². The molecule has 0 fully saturated rings. The van der Waals surface area contributed by atoms with Gasteiger partial charge in [0.15, 0.2) is 0 Å². The van der Waals surface area contributed by atoms with Gasteiger partial charge in [0.05, 0.1) is 0 Å². The van der Waals surface area contributed by atoms with E-state index in [-0.39, 0.29) is 17.7 Å². The first-order valence-electron chi connectivity index (χ1n) is 7.04. The van der Waals surface area contributed by atoms with Crippen LogP contribution in [0.5, 0.6) is 0 Å². The zero-order valence-corrected chi connectivity index (χ0v) is 12.5. The highest BCUT2D eigenvalue weighted by Crippen LogP contribution is 2.15. The van der Waals surface area contributed by atoms with Gasteiger partial charge in [0.2, 0.25) is 11.8 Å². The van der Waals surface area contributed by atoms with E-state index >= 15 is 0 Å². The number of benzene rings is 1. The molecule has 1 rings (SSSR count). The van der Waals surface area contributed by atoms with Gasteiger partial charge in [0.1, 0.15) is 0 Å². The van der Waals surface area contributed by atoms with Gasteiger partial charge < -0.3 is 11.1 Å². The molecule has 0 heterocycles. The van der Waals surface area contributed by atoms with Crippen molar-refractivity contribution in [2.24, 2.45) is 17.6 Å². The fourth-order valence-corrected chi connectivity index (χ4v) is 2.12. The highest BCUT2D eigenvalue weighted by Gasteiger charge is 2.08. The molecule has 4 heteroatoms. The molecule has 1 aromatic rings. The fraction of sp³-hybridized carbons (Fsp3) is 0.500. The zero-order chi connectivity index (χ0) is 15.1. The number of hydrogen-bond acceptors (Lipinski definition) is 2. The lowest BCUT2D eigenvalue weighted by Gasteiger charge is -2.11. The minimum atomic E-state index is -0.268. The molecule has 0 aliphatic carbocycles. The van der Waals surface area contributed by atoms with E-state index in [0.717, 1.165) is 17.7 Å². The van der Waals surface area contributed by atoms with E-state index in [0.29, 0.717) is 18.8 Å². The zero-order valence-electron chi connectivity index (χ0n) is 12.5. The van der Waals surface area contributed by atoms with Gasteiger partial charge in [-0.2, -0.15) is 0 Å². The van der Waals surface area contributed by atoms with Crippen molar-refractivity contribution in [3.05, 3.63) is 29.8 Å². The molecule has 0 aliphatic rings. The van der Waals surface area contributed by atoms with Crippen LogP contribution in [0.2, 0.25) is 0 Å². The van der Waals surface area contributed by atoms with Crippen molar-refractivity contribution in [1.82, 2.24) is 0 Å². The third-order valence-electron chi connectivity index (χ3n) is 2.97. The van der Waals surface area contributed by atoms with Crippen molar-refractivity contribution >= 4 is 17.5 Å². The fourth-order valence-electron chi connectivity index (χ4n) is 2.12. The summed E-state index contributed by atoms with van der Waals surface area (Å²) in [5.74, 6) is 0.350. The third kappa shape index (κ3) is 6.36. The molecule has 110 valence electrons. The predicted octanol–water partition coefficient (Wildman–Crippen LogP) is 2.73. The van der Waals surface area contributed by atoms with E-state index < -0.39 is 0 Å². The van der Waals surface area contributed by atoms with Crippen LogP contribution in [-0.2, 0) is 16.0 Å². The van der Waals surface area contributed by atoms with Crippen LogP contribution in [0.4, 0.5) is 5.69 Å². The van der Waals surface area contributed by atoms with Crippen molar-refractivity contribution in [3.8, 4) is 0 Å². The number of anilines is 1. The second kappa shape index (κ2) is 7.68. The maximum absolute atomic E-state index is 11.6. The van der Waals surface area contributed by atoms with Crippen LogP contribution in [-0.4, -0.2) is 11.8 Å². The van der Waals surface area contributed by atoms with Gasteiger partial charge in [0.25, 0.3) is 0 Å². The molecule has 0 aromatic heterocycles. The van der Waals surface area contributed by atoms with Gasteiger partial charge in [-0.1, -0.05) is 32.9 Å². The Morgan fingerprint density at radius 3 is 2.20 bits per heavy atom. The Bertz CT molecular complexity index is 452. The SMILES string of the molecule is CC(C)CC(=O)Nc1ccc(CC(C)CC(N)=O)cc1. The second-order valence-corrected chi connectivity index (χ2v) is 5.82. The van der Waals surface area contributed by atoms with Crippen LogP contribution >= 0.6 is 0 Å². The Morgan fingerprint density at radius 2 is 1.70 bits per heavy atom. The Balaban J connectivity index is 2.51. The number of carbonyl (C=O) groups is 2. The third-order valence-corrected chi connectivity index (χ3v) is 2.97. The molecule has 1 atom stereocenters. The Hall–Kier alpha value is -1.84. The molecule has 0 aliphatic heterocycles. The largest absolute Gasteiger partial charge is 0.370 e. The van der Waals surface area contributed by atoms with E-state index in [2.05, 4.69) is 5.32 Å². The first-order chi connectivity index (χ1) is 9.36. The Kier molecular flexibility index (Phi) is 6.22. The molecule has 1 aromatic carbocycles. The summed E-state index contributed by atoms with van der Waals surface area (Å²) in [6.07, 6.45) is 1.73. The molecule has 3 N–H and O–H groups in total. The summed E-state index contributed by atoms with van der Waals surface area (Å²) in [4.78, 5) is 22.5. The molecular formula is C16H24N2O2. The summed E-state index contributed by atoms with van der Waals surface area (Å²) < 4.78 is 0. The lowest BCUT2D eigenvalue weighted by molar-refractivity contribution is -0.119. The molecule has 0 spiro atoms. The van der Waals surface area contributed by atoms with Gasteiger partial charge in [-0.25, -0.2) is 0 Å². The molecule has 20 heavy (non-hydrogen) atoms. The summed E-state index contributed by atoms with van der Waals surface area (Å²) in [5, 5.41) is 2.87. The van der Waals surface area contributed by atoms with Gasteiger partial charge in [0, 0.05) is 18.5 Å². The smallest absolute Gasteiger partial charge is 0.224 e. The Morgan fingerprint density at radius 1 is 1.10 bits per heavy atom. The van der Waals surface area contributed by atoms with Crippen LogP contribution in [0.25, 0.3) is 0 Å². The number of nitrogens with two attached hydrogens (primary N) is 1. The summed E-state index contributed by atoms with van der Waals surface area (Å²) >= 11 is 0. The van der Waals surface area contributed by atoms with E-state index in [9.17, 15) is 9.59 Å². The Labute approximate surface area is 120 Å². The van der Waals surface area contributed by atoms with Gasteiger partial charge in [-0.15, -0.1) is 0 Å². The minimum Gasteiger partial charge on any atom is -0.370 e. The monoisotopic (exact) mass is 276 g/mol. The van der Waals surface area contributed by atoms with E-state index in [1.165, 1.54) is 0 Å². The average Bonchev–Trinajstić information content (AvgIpc) is 2.29. The van der Waals surface area contributed by atoms with Gasteiger partial charge >= 0.3 is 0 Å². The van der Waals surface area contributed by atoms with Gasteiger partial charge in [-0.05, 0) is 36.0 Å². The van der Waals surface area contributed by atoms with Crippen molar-refractivity contribution in [2.45, 2.75) is 40.0 Å². The quantitative estimate of drug-likeness (QED) is 0.803. The van der Waals surface area contributed by atoms with Crippen LogP contribution < -0.4 is 11.1 Å².